The molecule has 6 nitrogen and oxygen atoms in total. The number of benzene rings is 1. The molecule has 1 saturated carbocycles. The molecule has 3 heterocycles. The fraction of sp³-hybridized carbons (Fsp3) is 0.429. The van der Waals surface area contributed by atoms with E-state index < -0.39 is 0 Å². The van der Waals surface area contributed by atoms with Crippen LogP contribution in [0.3, 0.4) is 0 Å². The van der Waals surface area contributed by atoms with Gasteiger partial charge in [0, 0.05) is 30.6 Å². The highest BCUT2D eigenvalue weighted by Gasteiger charge is 2.24. The van der Waals surface area contributed by atoms with Crippen LogP contribution in [0.25, 0.3) is 11.0 Å². The standard InChI is InChI=1S/C21H22N4O2/c1-2-17-21(23-9-8-22-17)19(3-1)27-16-6-4-14(5-7-16)10-20-24-11-15-12-26-13-18(15)25-20/h1-3,8-9,11,14,16H,4-7,10,12-13H2. The molecule has 6 heteroatoms. The van der Waals surface area contributed by atoms with Gasteiger partial charge in [-0.3, -0.25) is 4.98 Å². The average molecular weight is 362 g/mol. The van der Waals surface area contributed by atoms with Crippen molar-refractivity contribution in [2.45, 2.75) is 51.4 Å². The lowest BCUT2D eigenvalue weighted by Crippen LogP contribution is -2.25. The van der Waals surface area contributed by atoms with E-state index in [1.54, 1.807) is 12.4 Å². The van der Waals surface area contributed by atoms with Gasteiger partial charge in [0.25, 0.3) is 0 Å². The van der Waals surface area contributed by atoms with Crippen LogP contribution in [0, 0.1) is 5.92 Å². The number of rotatable bonds is 4. The molecule has 0 bridgehead atoms. The summed E-state index contributed by atoms with van der Waals surface area (Å²) >= 11 is 0. The first-order valence-corrected chi connectivity index (χ1v) is 9.63. The second-order valence-electron chi connectivity index (χ2n) is 7.40. The Labute approximate surface area is 158 Å². The summed E-state index contributed by atoms with van der Waals surface area (Å²) in [5.74, 6) is 2.41. The van der Waals surface area contributed by atoms with E-state index in [4.69, 9.17) is 9.47 Å². The predicted molar refractivity (Wildman–Crippen MR) is 100 cm³/mol. The van der Waals surface area contributed by atoms with E-state index >= 15 is 0 Å². The summed E-state index contributed by atoms with van der Waals surface area (Å²) in [5, 5.41) is 0. The van der Waals surface area contributed by atoms with E-state index in [-0.39, 0.29) is 6.10 Å². The second kappa shape index (κ2) is 7.19. The van der Waals surface area contributed by atoms with E-state index in [1.807, 2.05) is 24.4 Å². The van der Waals surface area contributed by atoms with Gasteiger partial charge in [0.15, 0.2) is 0 Å². The van der Waals surface area contributed by atoms with Crippen molar-refractivity contribution in [2.24, 2.45) is 5.92 Å². The molecule has 2 aromatic heterocycles. The Kier molecular flexibility index (Phi) is 4.41. The molecule has 27 heavy (non-hydrogen) atoms. The molecule has 0 saturated heterocycles. The van der Waals surface area contributed by atoms with E-state index in [0.717, 1.165) is 66.0 Å². The fourth-order valence-corrected chi connectivity index (χ4v) is 4.04. The van der Waals surface area contributed by atoms with Crippen LogP contribution < -0.4 is 4.74 Å². The van der Waals surface area contributed by atoms with E-state index in [2.05, 4.69) is 19.9 Å². The number of nitrogens with zero attached hydrogens (tertiary/aromatic N) is 4. The van der Waals surface area contributed by atoms with Gasteiger partial charge >= 0.3 is 0 Å². The van der Waals surface area contributed by atoms with Crippen molar-refractivity contribution in [1.29, 1.82) is 0 Å². The zero-order valence-corrected chi connectivity index (χ0v) is 15.2. The molecule has 0 unspecified atom stereocenters. The molecule has 0 spiro atoms. The van der Waals surface area contributed by atoms with Gasteiger partial charge < -0.3 is 9.47 Å². The van der Waals surface area contributed by atoms with Crippen LogP contribution in [0.5, 0.6) is 5.75 Å². The summed E-state index contributed by atoms with van der Waals surface area (Å²) in [6.07, 6.45) is 10.9. The number of aromatic nitrogens is 4. The van der Waals surface area contributed by atoms with Gasteiger partial charge in [0.2, 0.25) is 0 Å². The summed E-state index contributed by atoms with van der Waals surface area (Å²) in [4.78, 5) is 18.0. The Balaban J connectivity index is 1.20. The van der Waals surface area contributed by atoms with Crippen LogP contribution in [0.2, 0.25) is 0 Å². The molecule has 0 atom stereocenters. The number of ether oxygens (including phenoxy) is 2. The zero-order chi connectivity index (χ0) is 18.1. The van der Waals surface area contributed by atoms with Crippen molar-refractivity contribution in [2.75, 3.05) is 0 Å². The third kappa shape index (κ3) is 3.49. The summed E-state index contributed by atoms with van der Waals surface area (Å²) in [6, 6.07) is 5.93. The molecule has 1 aromatic carbocycles. The lowest BCUT2D eigenvalue weighted by Gasteiger charge is -2.28. The Morgan fingerprint density at radius 1 is 1.00 bits per heavy atom. The van der Waals surface area contributed by atoms with Crippen molar-refractivity contribution < 1.29 is 9.47 Å². The molecule has 0 radical (unpaired) electrons. The highest BCUT2D eigenvalue weighted by Crippen LogP contribution is 2.31. The Morgan fingerprint density at radius 3 is 2.81 bits per heavy atom. The quantitative estimate of drug-likeness (QED) is 0.706. The minimum atomic E-state index is 0.239. The molecule has 3 aromatic rings. The lowest BCUT2D eigenvalue weighted by atomic mass is 9.85. The monoisotopic (exact) mass is 362 g/mol. The molecule has 1 aliphatic heterocycles. The first kappa shape index (κ1) is 16.6. The molecule has 138 valence electrons. The van der Waals surface area contributed by atoms with Crippen LogP contribution in [0.4, 0.5) is 0 Å². The third-order valence-corrected chi connectivity index (χ3v) is 5.52. The van der Waals surface area contributed by atoms with Crippen molar-refractivity contribution in [1.82, 2.24) is 19.9 Å². The van der Waals surface area contributed by atoms with Crippen LogP contribution in [0.1, 0.15) is 42.8 Å². The molecule has 5 rings (SSSR count). The van der Waals surface area contributed by atoms with Crippen molar-refractivity contribution in [3.63, 3.8) is 0 Å². The number of hydrogen-bond donors (Lipinski definition) is 0. The SMILES string of the molecule is c1cc(OC2CCC(Cc3ncc4c(n3)COC4)CC2)c2nccnc2c1. The van der Waals surface area contributed by atoms with Crippen LogP contribution in [0.15, 0.2) is 36.8 Å². The van der Waals surface area contributed by atoms with Gasteiger partial charge in [0.1, 0.15) is 17.1 Å². The Hall–Kier alpha value is -2.60. The normalized spacial score (nSPS) is 21.9. The molecule has 1 fully saturated rings. The molecule has 0 N–H and O–H groups in total. The number of fused-ring (bicyclic) bond motifs is 2. The average Bonchev–Trinajstić information content (AvgIpc) is 3.18. The van der Waals surface area contributed by atoms with Gasteiger partial charge in [-0.2, -0.15) is 0 Å². The first-order valence-electron chi connectivity index (χ1n) is 9.63. The molecular formula is C21H22N4O2. The molecule has 0 amide bonds. The lowest BCUT2D eigenvalue weighted by molar-refractivity contribution is 0.131. The maximum atomic E-state index is 6.28. The van der Waals surface area contributed by atoms with Gasteiger partial charge in [-0.05, 0) is 43.7 Å². The number of para-hydroxylation sites is 1. The fourth-order valence-electron chi connectivity index (χ4n) is 4.04. The smallest absolute Gasteiger partial charge is 0.147 e. The van der Waals surface area contributed by atoms with Gasteiger partial charge in [-0.25, -0.2) is 15.0 Å². The van der Waals surface area contributed by atoms with Gasteiger partial charge in [-0.1, -0.05) is 6.07 Å². The maximum absolute atomic E-state index is 6.28. The zero-order valence-electron chi connectivity index (χ0n) is 15.2. The first-order chi connectivity index (χ1) is 13.3. The summed E-state index contributed by atoms with van der Waals surface area (Å²) in [7, 11) is 0. The van der Waals surface area contributed by atoms with Crippen molar-refractivity contribution in [3.8, 4) is 5.75 Å². The van der Waals surface area contributed by atoms with E-state index in [9.17, 15) is 0 Å². The summed E-state index contributed by atoms with van der Waals surface area (Å²) < 4.78 is 11.7. The largest absolute Gasteiger partial charge is 0.488 e. The maximum Gasteiger partial charge on any atom is 0.147 e. The predicted octanol–water partition coefficient (Wildman–Crippen LogP) is 3.63. The van der Waals surface area contributed by atoms with E-state index in [0.29, 0.717) is 19.1 Å². The summed E-state index contributed by atoms with van der Waals surface area (Å²) in [6.45, 7) is 1.27. The van der Waals surface area contributed by atoms with Crippen LogP contribution in [-0.2, 0) is 24.4 Å². The molecule has 1 aliphatic carbocycles. The second-order valence-corrected chi connectivity index (χ2v) is 7.40. The van der Waals surface area contributed by atoms with Crippen molar-refractivity contribution in [3.05, 3.63) is 53.9 Å². The van der Waals surface area contributed by atoms with Gasteiger partial charge in [-0.15, -0.1) is 0 Å². The van der Waals surface area contributed by atoms with Crippen molar-refractivity contribution >= 4 is 11.0 Å². The Morgan fingerprint density at radius 2 is 1.89 bits per heavy atom. The molecule has 2 aliphatic rings. The third-order valence-electron chi connectivity index (χ3n) is 5.52. The highest BCUT2D eigenvalue weighted by molar-refractivity contribution is 5.80. The van der Waals surface area contributed by atoms with Crippen LogP contribution in [-0.4, -0.2) is 26.0 Å². The minimum Gasteiger partial charge on any atom is -0.488 e. The van der Waals surface area contributed by atoms with Gasteiger partial charge in [0.05, 0.1) is 30.5 Å². The number of hydrogen-bond acceptors (Lipinski definition) is 6. The summed E-state index contributed by atoms with van der Waals surface area (Å²) in [5.41, 5.74) is 3.92. The minimum absolute atomic E-state index is 0.239. The van der Waals surface area contributed by atoms with E-state index in [1.165, 1.54) is 0 Å². The molecular weight excluding hydrogens is 340 g/mol. The highest BCUT2D eigenvalue weighted by atomic mass is 16.5. The Bertz CT molecular complexity index is 949. The van der Waals surface area contributed by atoms with Crippen LogP contribution >= 0.6 is 0 Å². The topological polar surface area (TPSA) is 70.0 Å².